The van der Waals surface area contributed by atoms with Gasteiger partial charge in [0.2, 0.25) is 0 Å². The minimum absolute atomic E-state index is 0.519. The van der Waals surface area contributed by atoms with Gasteiger partial charge < -0.3 is 10.2 Å². The summed E-state index contributed by atoms with van der Waals surface area (Å²) in [5.41, 5.74) is 1.24. The van der Waals surface area contributed by atoms with Gasteiger partial charge in [0.1, 0.15) is 5.01 Å². The number of likely N-dealkylation sites (N-methyl/N-ethyl adjacent to an activating group) is 1. The molecule has 0 spiro atoms. The van der Waals surface area contributed by atoms with Crippen molar-refractivity contribution in [2.45, 2.75) is 51.9 Å². The van der Waals surface area contributed by atoms with Gasteiger partial charge in [0.05, 0.1) is 5.69 Å². The lowest BCUT2D eigenvalue weighted by Gasteiger charge is -2.26. The van der Waals surface area contributed by atoms with E-state index in [4.69, 9.17) is 4.98 Å². The Morgan fingerprint density at radius 3 is 3.00 bits per heavy atom. The lowest BCUT2D eigenvalue weighted by Crippen LogP contribution is -2.37. The number of hydrogen-bond donors (Lipinski definition) is 1. The summed E-state index contributed by atoms with van der Waals surface area (Å²) in [5.74, 6) is 0. The highest BCUT2D eigenvalue weighted by Gasteiger charge is 2.25. The van der Waals surface area contributed by atoms with E-state index in [2.05, 4.69) is 48.4 Å². The standard InChI is InChI=1S/C15H28N4S/c1-12(2)16-8-15-17-13(11-20-15)9-19-7-5-6-14(19)10-18(3)4/h11-12,14,16H,5-10H2,1-4H3. The average Bonchev–Trinajstić information content (AvgIpc) is 2.97. The third-order valence-corrected chi connectivity index (χ3v) is 4.60. The van der Waals surface area contributed by atoms with E-state index in [0.29, 0.717) is 12.1 Å². The van der Waals surface area contributed by atoms with Crippen molar-refractivity contribution in [2.75, 3.05) is 27.2 Å². The highest BCUT2D eigenvalue weighted by Crippen LogP contribution is 2.21. The second kappa shape index (κ2) is 7.50. The van der Waals surface area contributed by atoms with E-state index in [1.54, 1.807) is 11.3 Å². The summed E-state index contributed by atoms with van der Waals surface area (Å²) in [7, 11) is 4.32. The number of nitrogens with zero attached hydrogens (tertiary/aromatic N) is 3. The predicted octanol–water partition coefficient (Wildman–Crippen LogP) is 2.17. The molecule has 1 aliphatic rings. The Kier molecular flexibility index (Phi) is 5.96. The van der Waals surface area contributed by atoms with E-state index in [9.17, 15) is 0 Å². The first-order chi connectivity index (χ1) is 9.54. The smallest absolute Gasteiger partial charge is 0.107 e. The van der Waals surface area contributed by atoms with Crippen LogP contribution in [0.3, 0.4) is 0 Å². The van der Waals surface area contributed by atoms with E-state index >= 15 is 0 Å². The molecule has 20 heavy (non-hydrogen) atoms. The molecule has 1 saturated heterocycles. The molecule has 0 saturated carbocycles. The van der Waals surface area contributed by atoms with Crippen LogP contribution in [0.2, 0.25) is 0 Å². The van der Waals surface area contributed by atoms with Gasteiger partial charge in [-0.05, 0) is 33.5 Å². The molecule has 2 heterocycles. The van der Waals surface area contributed by atoms with Crippen LogP contribution in [-0.2, 0) is 13.1 Å². The molecule has 1 unspecified atom stereocenters. The molecule has 0 aromatic carbocycles. The molecule has 1 aromatic heterocycles. The zero-order valence-electron chi connectivity index (χ0n) is 13.2. The molecule has 0 radical (unpaired) electrons. The number of thiazole rings is 1. The van der Waals surface area contributed by atoms with Crippen molar-refractivity contribution in [2.24, 2.45) is 0 Å². The van der Waals surface area contributed by atoms with Crippen molar-refractivity contribution < 1.29 is 0 Å². The first-order valence-electron chi connectivity index (χ1n) is 7.60. The summed E-state index contributed by atoms with van der Waals surface area (Å²) in [6.45, 7) is 8.62. The van der Waals surface area contributed by atoms with Crippen molar-refractivity contribution in [3.63, 3.8) is 0 Å². The molecule has 0 amide bonds. The molecule has 1 aliphatic heterocycles. The molecule has 1 fully saturated rings. The van der Waals surface area contributed by atoms with E-state index < -0.39 is 0 Å². The van der Waals surface area contributed by atoms with Crippen LogP contribution < -0.4 is 5.32 Å². The zero-order valence-corrected chi connectivity index (χ0v) is 14.0. The van der Waals surface area contributed by atoms with Crippen LogP contribution >= 0.6 is 11.3 Å². The quantitative estimate of drug-likeness (QED) is 0.835. The van der Waals surface area contributed by atoms with Gasteiger partial charge in [0.15, 0.2) is 0 Å². The van der Waals surface area contributed by atoms with Crippen LogP contribution in [0, 0.1) is 0 Å². The minimum Gasteiger partial charge on any atom is -0.308 e. The Morgan fingerprint density at radius 2 is 2.30 bits per heavy atom. The molecular formula is C15H28N4S. The normalized spacial score (nSPS) is 20.4. The molecule has 0 bridgehead atoms. The lowest BCUT2D eigenvalue weighted by atomic mass is 10.2. The Morgan fingerprint density at radius 1 is 1.50 bits per heavy atom. The number of aromatic nitrogens is 1. The monoisotopic (exact) mass is 296 g/mol. The average molecular weight is 296 g/mol. The number of nitrogens with one attached hydrogen (secondary N) is 1. The van der Waals surface area contributed by atoms with Crippen molar-refractivity contribution in [1.82, 2.24) is 20.1 Å². The zero-order chi connectivity index (χ0) is 14.5. The lowest BCUT2D eigenvalue weighted by molar-refractivity contribution is 0.199. The third kappa shape index (κ3) is 4.81. The van der Waals surface area contributed by atoms with Gasteiger partial charge in [-0.2, -0.15) is 0 Å². The summed E-state index contributed by atoms with van der Waals surface area (Å²) in [5, 5.41) is 6.86. The van der Waals surface area contributed by atoms with Crippen molar-refractivity contribution in [3.05, 3.63) is 16.1 Å². The number of likely N-dealkylation sites (tertiary alicyclic amines) is 1. The largest absolute Gasteiger partial charge is 0.308 e. The number of rotatable bonds is 7. The first kappa shape index (κ1) is 15.9. The van der Waals surface area contributed by atoms with Gasteiger partial charge >= 0.3 is 0 Å². The topological polar surface area (TPSA) is 31.4 Å². The maximum absolute atomic E-state index is 4.76. The molecule has 0 aliphatic carbocycles. The highest BCUT2D eigenvalue weighted by molar-refractivity contribution is 7.09. The summed E-state index contributed by atoms with van der Waals surface area (Å²) in [6.07, 6.45) is 2.65. The highest BCUT2D eigenvalue weighted by atomic mass is 32.1. The van der Waals surface area contributed by atoms with Gasteiger partial charge in [-0.3, -0.25) is 4.90 Å². The van der Waals surface area contributed by atoms with Crippen LogP contribution in [0.1, 0.15) is 37.4 Å². The molecule has 1 N–H and O–H groups in total. The van der Waals surface area contributed by atoms with Crippen molar-refractivity contribution >= 4 is 11.3 Å². The SMILES string of the molecule is CC(C)NCc1nc(CN2CCCC2CN(C)C)cs1. The van der Waals surface area contributed by atoms with Crippen molar-refractivity contribution in [1.29, 1.82) is 0 Å². The Hall–Kier alpha value is -0.490. The van der Waals surface area contributed by atoms with Gasteiger partial charge in [0.25, 0.3) is 0 Å². The molecule has 114 valence electrons. The van der Waals surface area contributed by atoms with Crippen LogP contribution in [0.25, 0.3) is 0 Å². The fourth-order valence-electron chi connectivity index (χ4n) is 2.73. The van der Waals surface area contributed by atoms with Gasteiger partial charge in [-0.15, -0.1) is 11.3 Å². The van der Waals surface area contributed by atoms with E-state index in [1.165, 1.54) is 30.1 Å². The second-order valence-corrected chi connectivity index (χ2v) is 7.24. The van der Waals surface area contributed by atoms with Crippen LogP contribution in [-0.4, -0.2) is 54.1 Å². The minimum atomic E-state index is 0.519. The summed E-state index contributed by atoms with van der Waals surface area (Å²) in [4.78, 5) is 9.65. The van der Waals surface area contributed by atoms with Gasteiger partial charge in [0, 0.05) is 37.1 Å². The molecular weight excluding hydrogens is 268 g/mol. The third-order valence-electron chi connectivity index (χ3n) is 3.70. The molecule has 5 heteroatoms. The molecule has 1 atom stereocenters. The summed E-state index contributed by atoms with van der Waals surface area (Å²) in [6, 6.07) is 1.22. The van der Waals surface area contributed by atoms with E-state index in [-0.39, 0.29) is 0 Å². The Labute approximate surface area is 127 Å². The Balaban J connectivity index is 1.86. The van der Waals surface area contributed by atoms with Gasteiger partial charge in [-0.1, -0.05) is 13.8 Å². The maximum Gasteiger partial charge on any atom is 0.107 e. The van der Waals surface area contributed by atoms with E-state index in [0.717, 1.165) is 19.6 Å². The molecule has 1 aromatic rings. The van der Waals surface area contributed by atoms with Gasteiger partial charge in [-0.25, -0.2) is 4.98 Å². The summed E-state index contributed by atoms with van der Waals surface area (Å²) >= 11 is 1.78. The van der Waals surface area contributed by atoms with Crippen molar-refractivity contribution in [3.8, 4) is 0 Å². The second-order valence-electron chi connectivity index (χ2n) is 6.30. The molecule has 2 rings (SSSR count). The fraction of sp³-hybridized carbons (Fsp3) is 0.800. The van der Waals surface area contributed by atoms with E-state index in [1.807, 2.05) is 0 Å². The fourth-order valence-corrected chi connectivity index (χ4v) is 3.47. The number of hydrogen-bond acceptors (Lipinski definition) is 5. The molecule has 4 nitrogen and oxygen atoms in total. The maximum atomic E-state index is 4.76. The summed E-state index contributed by atoms with van der Waals surface area (Å²) < 4.78 is 0. The van der Waals surface area contributed by atoms with Crippen LogP contribution in [0.15, 0.2) is 5.38 Å². The Bertz CT molecular complexity index is 402. The predicted molar refractivity (Wildman–Crippen MR) is 86.1 cm³/mol. The van der Waals surface area contributed by atoms with Crippen LogP contribution in [0.4, 0.5) is 0 Å². The first-order valence-corrected chi connectivity index (χ1v) is 8.48. The van der Waals surface area contributed by atoms with Crippen LogP contribution in [0.5, 0.6) is 0 Å².